The van der Waals surface area contributed by atoms with Crippen LogP contribution < -0.4 is 14.0 Å². The average Bonchev–Trinajstić information content (AvgIpc) is 3.01. The molecule has 0 unspecified atom stereocenters. The summed E-state index contributed by atoms with van der Waals surface area (Å²) in [5, 5.41) is 9.93. The molecule has 1 heterocycles. The van der Waals surface area contributed by atoms with E-state index in [1.54, 1.807) is 18.9 Å². The van der Waals surface area contributed by atoms with Crippen molar-refractivity contribution >= 4 is 28.8 Å². The third-order valence-corrected chi connectivity index (χ3v) is 4.85. The quantitative estimate of drug-likeness (QED) is 0.342. The molecular formula is C19H21N2O4S+. The number of carboxylic acid groups (broad SMARTS) is 1. The molecule has 0 saturated carbocycles. The van der Waals surface area contributed by atoms with Crippen LogP contribution in [0.1, 0.15) is 6.42 Å². The second-order valence-corrected chi connectivity index (χ2v) is 6.70. The van der Waals surface area contributed by atoms with Gasteiger partial charge in [0.2, 0.25) is 0 Å². The number of methoxy groups -OCH3 is 1. The lowest BCUT2D eigenvalue weighted by molar-refractivity contribution is -0.707. The Hall–Kier alpha value is -2.67. The first-order chi connectivity index (χ1) is 12.7. The van der Waals surface area contributed by atoms with E-state index in [4.69, 9.17) is 14.6 Å². The molecule has 2 N–H and O–H groups in total. The number of nitrogens with one attached hydrogen (secondary N) is 1. The molecule has 0 spiro atoms. The molecule has 1 aromatic heterocycles. The maximum absolute atomic E-state index is 10.9. The first-order valence-corrected chi connectivity index (χ1v) is 9.28. The number of hydrogen-bond donors (Lipinski definition) is 2. The van der Waals surface area contributed by atoms with Crippen molar-refractivity contribution < 1.29 is 23.9 Å². The lowest BCUT2D eigenvalue weighted by Crippen LogP contribution is -2.36. The molecule has 0 saturated heterocycles. The van der Waals surface area contributed by atoms with Crippen LogP contribution in [0.4, 0.5) is 0 Å². The molecule has 0 aliphatic heterocycles. The van der Waals surface area contributed by atoms with Crippen LogP contribution in [-0.2, 0) is 11.3 Å². The number of aromatic nitrogens is 2. The lowest BCUT2D eigenvalue weighted by Gasteiger charge is -2.06. The van der Waals surface area contributed by atoms with Gasteiger partial charge in [-0.25, -0.2) is 9.55 Å². The third kappa shape index (κ3) is 4.49. The molecule has 0 radical (unpaired) electrons. The number of hydrogen-bond acceptors (Lipinski definition) is 4. The van der Waals surface area contributed by atoms with Gasteiger partial charge in [0.15, 0.2) is 11.0 Å². The summed E-state index contributed by atoms with van der Waals surface area (Å²) in [4.78, 5) is 14.3. The van der Waals surface area contributed by atoms with Crippen LogP contribution in [0.25, 0.3) is 11.0 Å². The van der Waals surface area contributed by atoms with Crippen LogP contribution >= 0.6 is 11.8 Å². The topological polar surface area (TPSA) is 75.4 Å². The van der Waals surface area contributed by atoms with Gasteiger partial charge < -0.3 is 14.6 Å². The normalized spacial score (nSPS) is 10.8. The van der Waals surface area contributed by atoms with Gasteiger partial charge >= 0.3 is 11.1 Å². The van der Waals surface area contributed by atoms with Crippen molar-refractivity contribution in [3.8, 4) is 11.5 Å². The van der Waals surface area contributed by atoms with Crippen molar-refractivity contribution in [1.29, 1.82) is 0 Å². The Labute approximate surface area is 155 Å². The van der Waals surface area contributed by atoms with Gasteiger partial charge in [-0.3, -0.25) is 4.79 Å². The Balaban J connectivity index is 1.62. The first kappa shape index (κ1) is 18.1. The summed E-state index contributed by atoms with van der Waals surface area (Å²) >= 11 is 1.62. The smallest absolute Gasteiger partial charge is 0.316 e. The second-order valence-electron chi connectivity index (χ2n) is 5.62. The predicted molar refractivity (Wildman–Crippen MR) is 100.0 cm³/mol. The maximum atomic E-state index is 10.9. The molecule has 0 fully saturated rings. The summed E-state index contributed by atoms with van der Waals surface area (Å²) in [6.45, 7) is 0.978. The number of carbonyl (C=O) groups is 1. The maximum Gasteiger partial charge on any atom is 0.316 e. The Morgan fingerprint density at radius 1 is 1.15 bits per heavy atom. The number of benzene rings is 2. The number of fused-ring (bicyclic) bond motifs is 1. The van der Waals surface area contributed by atoms with E-state index in [1.165, 1.54) is 0 Å². The van der Waals surface area contributed by atoms with Gasteiger partial charge in [-0.2, -0.15) is 0 Å². The zero-order chi connectivity index (χ0) is 18.4. The lowest BCUT2D eigenvalue weighted by atomic mass is 10.3. The number of rotatable bonds is 9. The third-order valence-electron chi connectivity index (χ3n) is 3.88. The van der Waals surface area contributed by atoms with E-state index >= 15 is 0 Å². The molecule has 3 rings (SSSR count). The van der Waals surface area contributed by atoms with E-state index in [-0.39, 0.29) is 6.42 Å². The molecular weight excluding hydrogens is 352 g/mol. The second kappa shape index (κ2) is 8.62. The van der Waals surface area contributed by atoms with Crippen LogP contribution in [0.3, 0.4) is 0 Å². The average molecular weight is 373 g/mol. The number of carboxylic acids is 1. The number of aromatic amines is 1. The highest BCUT2D eigenvalue weighted by atomic mass is 32.2. The van der Waals surface area contributed by atoms with Gasteiger partial charge in [0, 0.05) is 5.75 Å². The molecule has 3 aromatic rings. The minimum atomic E-state index is -0.804. The number of aryl methyl sites for hydroxylation is 1. The van der Waals surface area contributed by atoms with Crippen LogP contribution in [0.2, 0.25) is 0 Å². The molecule has 0 aliphatic rings. The molecule has 0 aliphatic carbocycles. The number of ether oxygens (including phenoxy) is 2. The van der Waals surface area contributed by atoms with Crippen molar-refractivity contribution in [2.45, 2.75) is 18.1 Å². The van der Waals surface area contributed by atoms with Crippen molar-refractivity contribution in [2.75, 3.05) is 19.5 Å². The molecule has 136 valence electrons. The highest BCUT2D eigenvalue weighted by Crippen LogP contribution is 2.20. The van der Waals surface area contributed by atoms with Crippen LogP contribution in [0.5, 0.6) is 11.5 Å². The largest absolute Gasteiger partial charge is 0.497 e. The zero-order valence-corrected chi connectivity index (χ0v) is 15.3. The van der Waals surface area contributed by atoms with Crippen molar-refractivity contribution in [2.24, 2.45) is 0 Å². The molecule has 0 bridgehead atoms. The fourth-order valence-electron chi connectivity index (χ4n) is 2.62. The number of para-hydroxylation sites is 2. The summed E-state index contributed by atoms with van der Waals surface area (Å²) < 4.78 is 12.9. The Morgan fingerprint density at radius 3 is 2.62 bits per heavy atom. The summed E-state index contributed by atoms with van der Waals surface area (Å²) in [5.74, 6) is 1.53. The summed E-state index contributed by atoms with van der Waals surface area (Å²) in [7, 11) is 1.63. The zero-order valence-electron chi connectivity index (χ0n) is 14.5. The van der Waals surface area contributed by atoms with Crippen molar-refractivity contribution in [1.82, 2.24) is 4.98 Å². The standard InChI is InChI=1S/C19H20N2O4S/c1-24-14-6-8-15(9-7-14)25-12-13-26-19-20-16-4-2-3-5-17(16)21(19)11-10-18(22)23/h2-9H,10-13H2,1H3,(H,22,23)/p+1. The first-order valence-electron chi connectivity index (χ1n) is 8.29. The van der Waals surface area contributed by atoms with Crippen LogP contribution in [0.15, 0.2) is 53.7 Å². The molecule has 2 aromatic carbocycles. The molecule has 6 nitrogen and oxygen atoms in total. The minimum Gasteiger partial charge on any atom is -0.497 e. The molecule has 0 amide bonds. The van der Waals surface area contributed by atoms with E-state index in [0.29, 0.717) is 13.2 Å². The van der Waals surface area contributed by atoms with Gasteiger partial charge in [0.1, 0.15) is 18.0 Å². The van der Waals surface area contributed by atoms with Crippen LogP contribution in [-0.4, -0.2) is 35.5 Å². The Morgan fingerprint density at radius 2 is 1.88 bits per heavy atom. The Kier molecular flexibility index (Phi) is 6.01. The molecule has 26 heavy (non-hydrogen) atoms. The fourth-order valence-corrected chi connectivity index (χ4v) is 3.51. The van der Waals surface area contributed by atoms with Gasteiger partial charge in [-0.1, -0.05) is 12.1 Å². The SMILES string of the molecule is COc1ccc(OCCSc2[nH]c3ccccc3[n+]2CCC(=O)O)cc1. The number of H-pyrrole nitrogens is 1. The number of aliphatic carboxylic acids is 1. The predicted octanol–water partition coefficient (Wildman–Crippen LogP) is 3.11. The van der Waals surface area contributed by atoms with Crippen LogP contribution in [0, 0.1) is 0 Å². The van der Waals surface area contributed by atoms with Gasteiger partial charge in [-0.05, 0) is 48.2 Å². The van der Waals surface area contributed by atoms with E-state index in [2.05, 4.69) is 4.98 Å². The van der Waals surface area contributed by atoms with E-state index < -0.39 is 5.97 Å². The highest BCUT2D eigenvalue weighted by molar-refractivity contribution is 7.99. The van der Waals surface area contributed by atoms with Gasteiger partial charge in [-0.15, -0.1) is 0 Å². The molecule has 0 atom stereocenters. The number of imidazole rings is 1. The monoisotopic (exact) mass is 373 g/mol. The van der Waals surface area contributed by atoms with Gasteiger partial charge in [0.25, 0.3) is 0 Å². The number of thioether (sulfide) groups is 1. The summed E-state index contributed by atoms with van der Waals surface area (Å²) in [6, 6.07) is 15.4. The minimum absolute atomic E-state index is 0.0857. The summed E-state index contributed by atoms with van der Waals surface area (Å²) in [6.07, 6.45) is 0.0857. The Bertz CT molecular complexity index is 877. The van der Waals surface area contributed by atoms with E-state index in [1.807, 2.05) is 53.1 Å². The summed E-state index contributed by atoms with van der Waals surface area (Å²) in [5.41, 5.74) is 2.00. The highest BCUT2D eigenvalue weighted by Gasteiger charge is 2.19. The van der Waals surface area contributed by atoms with Crippen molar-refractivity contribution in [3.63, 3.8) is 0 Å². The fraction of sp³-hybridized carbons (Fsp3) is 0.263. The van der Waals surface area contributed by atoms with Crippen molar-refractivity contribution in [3.05, 3.63) is 48.5 Å². The van der Waals surface area contributed by atoms with Gasteiger partial charge in [0.05, 0.1) is 20.1 Å². The number of nitrogens with zero attached hydrogens (tertiary/aromatic N) is 1. The van der Waals surface area contributed by atoms with E-state index in [9.17, 15) is 4.79 Å². The van der Waals surface area contributed by atoms with E-state index in [0.717, 1.165) is 33.4 Å². The molecule has 7 heteroatoms.